The van der Waals surface area contributed by atoms with Gasteiger partial charge in [0.2, 0.25) is 0 Å². The number of carbonyl (C=O) groups excluding carboxylic acids is 1. The van der Waals surface area contributed by atoms with E-state index in [1.165, 1.54) is 18.6 Å². The third-order valence-corrected chi connectivity index (χ3v) is 4.45. The third kappa shape index (κ3) is 2.78. The Balaban J connectivity index is 2.26. The van der Waals surface area contributed by atoms with Crippen molar-refractivity contribution in [3.8, 4) is 0 Å². The van der Waals surface area contributed by atoms with Crippen LogP contribution < -0.4 is 0 Å². The molecule has 0 amide bonds. The Morgan fingerprint density at radius 2 is 2.45 bits per heavy atom. The van der Waals surface area contributed by atoms with Crippen molar-refractivity contribution in [1.82, 2.24) is 0 Å². The zero-order valence-electron chi connectivity index (χ0n) is 7.14. The van der Waals surface area contributed by atoms with E-state index in [-0.39, 0.29) is 0 Å². The van der Waals surface area contributed by atoms with E-state index < -0.39 is 0 Å². The summed E-state index contributed by atoms with van der Waals surface area (Å²) in [6.07, 6.45) is 4.49. The van der Waals surface area contributed by atoms with E-state index >= 15 is 0 Å². The Bertz CT molecular complexity index is 174. The van der Waals surface area contributed by atoms with Gasteiger partial charge in [0.05, 0.1) is 0 Å². The lowest BCUT2D eigenvalue weighted by Crippen LogP contribution is -2.01. The van der Waals surface area contributed by atoms with Gasteiger partial charge in [0.25, 0.3) is 0 Å². The first-order chi connectivity index (χ1) is 5.20. The van der Waals surface area contributed by atoms with Gasteiger partial charge in [-0.15, -0.1) is 0 Å². The normalized spacial score (nSPS) is 30.6. The van der Waals surface area contributed by atoms with Crippen LogP contribution in [0, 0.1) is 0 Å². The number of ketones is 1. The van der Waals surface area contributed by atoms with Crippen molar-refractivity contribution in [2.24, 2.45) is 0 Å². The summed E-state index contributed by atoms with van der Waals surface area (Å²) in [5.41, 5.74) is 0. The summed E-state index contributed by atoms with van der Waals surface area (Å²) in [5, 5.41) is 0.763. The Labute approximate surface area is 71.1 Å². The van der Waals surface area contributed by atoms with Crippen molar-refractivity contribution >= 4 is 22.1 Å². The number of hydrogen-bond acceptors (Lipinski definition) is 1. The fourth-order valence-electron chi connectivity index (χ4n) is 1.50. The lowest BCUT2D eigenvalue weighted by atomic mass is 10.1. The lowest BCUT2D eigenvalue weighted by molar-refractivity contribution is -0.117. The highest BCUT2D eigenvalue weighted by Gasteiger charge is 2.17. The van der Waals surface area contributed by atoms with E-state index in [4.69, 9.17) is 0 Å². The van der Waals surface area contributed by atoms with Crippen molar-refractivity contribution in [2.75, 3.05) is 5.75 Å². The average Bonchev–Trinajstić information content (AvgIpc) is 2.31. The first-order valence-electron chi connectivity index (χ1n) is 4.19. The molecule has 0 aromatic rings. The molecule has 2 atom stereocenters. The molecule has 11 heavy (non-hydrogen) atoms. The lowest BCUT2D eigenvalue weighted by Gasteiger charge is -2.09. The molecule has 2 unspecified atom stereocenters. The van der Waals surface area contributed by atoms with Crippen LogP contribution in [0.3, 0.4) is 0 Å². The second-order valence-electron chi connectivity index (χ2n) is 3.25. The molecule has 1 saturated heterocycles. The molecular formula is C9H16OS. The van der Waals surface area contributed by atoms with Gasteiger partial charge >= 0.3 is 0 Å². The molecule has 64 valence electrons. The molecule has 0 aromatic carbocycles. The van der Waals surface area contributed by atoms with Crippen LogP contribution in [0.15, 0.2) is 0 Å². The standard InChI is InChI=1S/C9H16OS/c1-8(10)5-6-9-4-3-7-11(9)2/h9H,2-7H2,1H3. The molecule has 1 rings (SSSR count). The topological polar surface area (TPSA) is 17.1 Å². The Morgan fingerprint density at radius 3 is 2.91 bits per heavy atom. The molecule has 0 aliphatic carbocycles. The molecule has 1 aliphatic rings. The quantitative estimate of drug-likeness (QED) is 0.597. The SMILES string of the molecule is C=S1CCCC1CCC(C)=O. The molecule has 1 heterocycles. The van der Waals surface area contributed by atoms with Crippen molar-refractivity contribution in [3.05, 3.63) is 0 Å². The minimum absolute atomic E-state index is 0.328. The number of carbonyl (C=O) groups is 1. The van der Waals surface area contributed by atoms with Crippen LogP contribution in [-0.4, -0.2) is 22.7 Å². The minimum atomic E-state index is 0.328. The minimum Gasteiger partial charge on any atom is -0.300 e. The van der Waals surface area contributed by atoms with Gasteiger partial charge in [-0.3, -0.25) is 0 Å². The molecule has 1 aliphatic heterocycles. The number of rotatable bonds is 3. The zero-order chi connectivity index (χ0) is 8.27. The highest BCUT2D eigenvalue weighted by atomic mass is 32.2. The van der Waals surface area contributed by atoms with Gasteiger partial charge in [0.1, 0.15) is 5.78 Å². The van der Waals surface area contributed by atoms with Crippen LogP contribution in [0.2, 0.25) is 0 Å². The van der Waals surface area contributed by atoms with E-state index in [0.29, 0.717) is 16.3 Å². The Hall–Kier alpha value is -0.110. The van der Waals surface area contributed by atoms with E-state index in [9.17, 15) is 4.79 Å². The fourth-order valence-corrected chi connectivity index (χ4v) is 3.33. The summed E-state index contributed by atoms with van der Waals surface area (Å²) in [4.78, 5) is 10.7. The van der Waals surface area contributed by atoms with Crippen LogP contribution >= 0.6 is 10.5 Å². The number of hydrogen-bond donors (Lipinski definition) is 0. The molecule has 0 saturated carbocycles. The summed E-state index contributed by atoms with van der Waals surface area (Å²) in [5.74, 6) is 5.74. The van der Waals surface area contributed by atoms with Crippen LogP contribution in [-0.2, 0) is 4.79 Å². The fraction of sp³-hybridized carbons (Fsp3) is 0.778. The van der Waals surface area contributed by atoms with Crippen LogP contribution in [0.1, 0.15) is 32.6 Å². The molecule has 0 radical (unpaired) electrons. The van der Waals surface area contributed by atoms with Crippen LogP contribution in [0.25, 0.3) is 0 Å². The smallest absolute Gasteiger partial charge is 0.129 e. The van der Waals surface area contributed by atoms with Crippen LogP contribution in [0.5, 0.6) is 0 Å². The molecule has 1 fully saturated rings. The highest BCUT2D eigenvalue weighted by molar-refractivity contribution is 8.14. The maximum absolute atomic E-state index is 10.7. The van der Waals surface area contributed by atoms with E-state index in [1.54, 1.807) is 6.92 Å². The van der Waals surface area contributed by atoms with E-state index in [1.807, 2.05) is 0 Å². The summed E-state index contributed by atoms with van der Waals surface area (Å²) >= 11 is 0. The maximum Gasteiger partial charge on any atom is 0.129 e. The first-order valence-corrected chi connectivity index (χ1v) is 5.81. The third-order valence-electron chi connectivity index (χ3n) is 2.22. The molecule has 0 aromatic heterocycles. The molecular weight excluding hydrogens is 156 g/mol. The highest BCUT2D eigenvalue weighted by Crippen LogP contribution is 2.34. The summed E-state index contributed by atoms with van der Waals surface area (Å²) in [6, 6.07) is 0. The number of Topliss-reactive ketones (excluding diaryl/α,β-unsaturated/α-hetero) is 1. The predicted octanol–water partition coefficient (Wildman–Crippen LogP) is 2.22. The maximum atomic E-state index is 10.7. The molecule has 2 heteroatoms. The average molecular weight is 172 g/mol. The van der Waals surface area contributed by atoms with Crippen LogP contribution in [0.4, 0.5) is 0 Å². The monoisotopic (exact) mass is 172 g/mol. The van der Waals surface area contributed by atoms with Gasteiger partial charge < -0.3 is 4.79 Å². The molecule has 1 nitrogen and oxygen atoms in total. The zero-order valence-corrected chi connectivity index (χ0v) is 7.95. The van der Waals surface area contributed by atoms with Gasteiger partial charge in [-0.05, 0) is 37.2 Å². The summed E-state index contributed by atoms with van der Waals surface area (Å²) in [6.45, 7) is 1.68. The molecule has 0 spiro atoms. The second kappa shape index (κ2) is 4.05. The largest absolute Gasteiger partial charge is 0.300 e. The van der Waals surface area contributed by atoms with Gasteiger partial charge in [-0.1, -0.05) is 5.87 Å². The van der Waals surface area contributed by atoms with E-state index in [2.05, 4.69) is 5.87 Å². The molecule has 0 bridgehead atoms. The predicted molar refractivity (Wildman–Crippen MR) is 52.5 cm³/mol. The van der Waals surface area contributed by atoms with Crippen molar-refractivity contribution in [3.63, 3.8) is 0 Å². The Morgan fingerprint density at radius 1 is 1.73 bits per heavy atom. The van der Waals surface area contributed by atoms with Gasteiger partial charge in [-0.2, -0.15) is 10.5 Å². The summed E-state index contributed by atoms with van der Waals surface area (Å²) in [7, 11) is 0.371. The Kier molecular flexibility index (Phi) is 3.31. The second-order valence-corrected chi connectivity index (χ2v) is 5.40. The van der Waals surface area contributed by atoms with Gasteiger partial charge in [0.15, 0.2) is 0 Å². The summed E-state index contributed by atoms with van der Waals surface area (Å²) < 4.78 is 0. The molecule has 0 N–H and O–H groups in total. The van der Waals surface area contributed by atoms with Gasteiger partial charge in [-0.25, -0.2) is 0 Å². The van der Waals surface area contributed by atoms with Crippen molar-refractivity contribution in [1.29, 1.82) is 0 Å². The van der Waals surface area contributed by atoms with Gasteiger partial charge in [0, 0.05) is 6.42 Å². The van der Waals surface area contributed by atoms with E-state index in [0.717, 1.165) is 18.1 Å². The van der Waals surface area contributed by atoms with Crippen molar-refractivity contribution in [2.45, 2.75) is 37.9 Å². The van der Waals surface area contributed by atoms with Crippen molar-refractivity contribution < 1.29 is 4.79 Å². The first kappa shape index (κ1) is 8.98.